The average molecular weight is 257 g/mol. The molecule has 100 valence electrons. The Morgan fingerprint density at radius 2 is 1.84 bits per heavy atom. The van der Waals surface area contributed by atoms with Crippen LogP contribution >= 0.6 is 0 Å². The van der Waals surface area contributed by atoms with Crippen LogP contribution in [0.5, 0.6) is 0 Å². The van der Waals surface area contributed by atoms with E-state index in [-0.39, 0.29) is 0 Å². The largest absolute Gasteiger partial charge is 0.384 e. The van der Waals surface area contributed by atoms with Crippen LogP contribution in [0.25, 0.3) is 0 Å². The highest BCUT2D eigenvalue weighted by molar-refractivity contribution is 5.50. The van der Waals surface area contributed by atoms with Gasteiger partial charge in [0.05, 0.1) is 0 Å². The van der Waals surface area contributed by atoms with E-state index in [0.29, 0.717) is 11.4 Å². The molecule has 1 unspecified atom stereocenters. The Morgan fingerprint density at radius 3 is 2.42 bits per heavy atom. The summed E-state index contributed by atoms with van der Waals surface area (Å²) in [5.74, 6) is 0.370. The van der Waals surface area contributed by atoms with Crippen LogP contribution < -0.4 is 10.6 Å². The molecule has 1 atom stereocenters. The standard InChI is InChI=1S/C15H19N3O/c1-10-8-13(15(16)17-9-10)14(19)11-4-6-12(7-5-11)18(2)3/h4-9,14,19H,1-3H3,(H2,16,17). The number of rotatable bonds is 3. The van der Waals surface area contributed by atoms with Crippen molar-refractivity contribution in [2.24, 2.45) is 0 Å². The first-order chi connectivity index (χ1) is 8.99. The molecule has 0 aliphatic heterocycles. The Morgan fingerprint density at radius 1 is 1.21 bits per heavy atom. The number of aromatic nitrogens is 1. The second-order valence-electron chi connectivity index (χ2n) is 4.88. The van der Waals surface area contributed by atoms with Gasteiger partial charge in [-0.3, -0.25) is 0 Å². The number of nitrogens with zero attached hydrogens (tertiary/aromatic N) is 2. The first kappa shape index (κ1) is 13.4. The summed E-state index contributed by atoms with van der Waals surface area (Å²) >= 11 is 0. The molecule has 2 rings (SSSR count). The summed E-state index contributed by atoms with van der Waals surface area (Å²) in [7, 11) is 3.96. The lowest BCUT2D eigenvalue weighted by atomic mass is 10.0. The number of aliphatic hydroxyl groups is 1. The molecule has 1 aromatic heterocycles. The number of anilines is 2. The summed E-state index contributed by atoms with van der Waals surface area (Å²) in [6, 6.07) is 9.62. The van der Waals surface area contributed by atoms with Crippen LogP contribution in [0, 0.1) is 6.92 Å². The molecule has 0 radical (unpaired) electrons. The molecule has 4 heteroatoms. The Kier molecular flexibility index (Phi) is 3.71. The summed E-state index contributed by atoms with van der Waals surface area (Å²) in [5.41, 5.74) is 9.36. The molecule has 0 bridgehead atoms. The van der Waals surface area contributed by atoms with Crippen molar-refractivity contribution in [1.82, 2.24) is 4.98 Å². The molecule has 0 saturated carbocycles. The lowest BCUT2D eigenvalue weighted by Crippen LogP contribution is -2.09. The minimum absolute atomic E-state index is 0.370. The van der Waals surface area contributed by atoms with Crippen molar-refractivity contribution in [3.05, 3.63) is 53.2 Å². The lowest BCUT2D eigenvalue weighted by molar-refractivity contribution is 0.220. The summed E-state index contributed by atoms with van der Waals surface area (Å²) in [6.07, 6.45) is 0.948. The fraction of sp³-hybridized carbons (Fsp3) is 0.267. The summed E-state index contributed by atoms with van der Waals surface area (Å²) in [5, 5.41) is 10.4. The highest BCUT2D eigenvalue weighted by Gasteiger charge is 2.14. The Labute approximate surface area is 113 Å². The fourth-order valence-electron chi connectivity index (χ4n) is 1.96. The smallest absolute Gasteiger partial charge is 0.129 e. The number of aryl methyl sites for hydroxylation is 1. The van der Waals surface area contributed by atoms with Crippen molar-refractivity contribution in [1.29, 1.82) is 0 Å². The van der Waals surface area contributed by atoms with Gasteiger partial charge in [-0.2, -0.15) is 0 Å². The van der Waals surface area contributed by atoms with Crippen LogP contribution in [0.1, 0.15) is 22.8 Å². The third-order valence-electron chi connectivity index (χ3n) is 3.11. The van der Waals surface area contributed by atoms with E-state index in [1.807, 2.05) is 56.3 Å². The normalized spacial score (nSPS) is 12.2. The van der Waals surface area contributed by atoms with Crippen molar-refractivity contribution in [3.8, 4) is 0 Å². The van der Waals surface area contributed by atoms with Crippen molar-refractivity contribution >= 4 is 11.5 Å². The maximum Gasteiger partial charge on any atom is 0.129 e. The summed E-state index contributed by atoms with van der Waals surface area (Å²) in [6.45, 7) is 1.93. The summed E-state index contributed by atoms with van der Waals surface area (Å²) < 4.78 is 0. The molecule has 1 heterocycles. The number of aliphatic hydroxyl groups excluding tert-OH is 1. The van der Waals surface area contributed by atoms with Gasteiger partial charge in [0.1, 0.15) is 11.9 Å². The molecular formula is C15H19N3O. The molecule has 2 aromatic rings. The van der Waals surface area contributed by atoms with Gasteiger partial charge in [0, 0.05) is 31.5 Å². The molecule has 4 nitrogen and oxygen atoms in total. The molecule has 0 aliphatic carbocycles. The van der Waals surface area contributed by atoms with E-state index in [4.69, 9.17) is 5.73 Å². The molecule has 0 fully saturated rings. The predicted molar refractivity (Wildman–Crippen MR) is 78.2 cm³/mol. The van der Waals surface area contributed by atoms with Gasteiger partial charge in [-0.1, -0.05) is 12.1 Å². The lowest BCUT2D eigenvalue weighted by Gasteiger charge is -2.16. The molecular weight excluding hydrogens is 238 g/mol. The maximum absolute atomic E-state index is 10.4. The highest BCUT2D eigenvalue weighted by Crippen LogP contribution is 2.27. The van der Waals surface area contributed by atoms with E-state index < -0.39 is 6.10 Å². The topological polar surface area (TPSA) is 62.4 Å². The van der Waals surface area contributed by atoms with Gasteiger partial charge in [-0.05, 0) is 36.2 Å². The Hall–Kier alpha value is -2.07. The van der Waals surface area contributed by atoms with Gasteiger partial charge in [0.15, 0.2) is 0 Å². The molecule has 3 N–H and O–H groups in total. The first-order valence-electron chi connectivity index (χ1n) is 6.16. The number of nitrogens with two attached hydrogens (primary N) is 1. The second kappa shape index (κ2) is 5.28. The van der Waals surface area contributed by atoms with Crippen molar-refractivity contribution in [2.75, 3.05) is 24.7 Å². The van der Waals surface area contributed by atoms with Crippen LogP contribution in [-0.2, 0) is 0 Å². The zero-order valence-electron chi connectivity index (χ0n) is 11.5. The van der Waals surface area contributed by atoms with Crippen LogP contribution in [0.3, 0.4) is 0 Å². The van der Waals surface area contributed by atoms with E-state index in [1.165, 1.54) is 0 Å². The van der Waals surface area contributed by atoms with Gasteiger partial charge in [0.25, 0.3) is 0 Å². The van der Waals surface area contributed by atoms with E-state index in [2.05, 4.69) is 4.98 Å². The van der Waals surface area contributed by atoms with Crippen LogP contribution in [0.2, 0.25) is 0 Å². The fourth-order valence-corrected chi connectivity index (χ4v) is 1.96. The predicted octanol–water partition coefficient (Wildman–Crippen LogP) is 2.12. The second-order valence-corrected chi connectivity index (χ2v) is 4.88. The quantitative estimate of drug-likeness (QED) is 0.884. The van der Waals surface area contributed by atoms with E-state index in [1.54, 1.807) is 6.20 Å². The van der Waals surface area contributed by atoms with Gasteiger partial charge in [-0.25, -0.2) is 4.98 Å². The van der Waals surface area contributed by atoms with Gasteiger partial charge >= 0.3 is 0 Å². The van der Waals surface area contributed by atoms with E-state index in [0.717, 1.165) is 16.8 Å². The number of benzene rings is 1. The zero-order valence-corrected chi connectivity index (χ0v) is 11.5. The van der Waals surface area contributed by atoms with E-state index in [9.17, 15) is 5.11 Å². The van der Waals surface area contributed by atoms with E-state index >= 15 is 0 Å². The minimum Gasteiger partial charge on any atom is -0.384 e. The highest BCUT2D eigenvalue weighted by atomic mass is 16.3. The van der Waals surface area contributed by atoms with Crippen molar-refractivity contribution < 1.29 is 5.11 Å². The SMILES string of the molecule is Cc1cnc(N)c(C(O)c2ccc(N(C)C)cc2)c1. The summed E-state index contributed by atoms with van der Waals surface area (Å²) in [4.78, 5) is 6.09. The zero-order chi connectivity index (χ0) is 14.0. The number of nitrogen functional groups attached to an aromatic ring is 1. The van der Waals surface area contributed by atoms with Crippen LogP contribution in [0.4, 0.5) is 11.5 Å². The Balaban J connectivity index is 2.33. The number of hydrogen-bond donors (Lipinski definition) is 2. The number of pyridine rings is 1. The van der Waals surface area contributed by atoms with Gasteiger partial charge < -0.3 is 15.7 Å². The average Bonchev–Trinajstić information content (AvgIpc) is 2.41. The molecule has 0 amide bonds. The van der Waals surface area contributed by atoms with Crippen LogP contribution in [-0.4, -0.2) is 24.2 Å². The first-order valence-corrected chi connectivity index (χ1v) is 6.16. The monoisotopic (exact) mass is 257 g/mol. The van der Waals surface area contributed by atoms with Crippen molar-refractivity contribution in [3.63, 3.8) is 0 Å². The van der Waals surface area contributed by atoms with Gasteiger partial charge in [-0.15, -0.1) is 0 Å². The molecule has 0 aliphatic rings. The minimum atomic E-state index is -0.747. The third-order valence-corrected chi connectivity index (χ3v) is 3.11. The molecule has 19 heavy (non-hydrogen) atoms. The van der Waals surface area contributed by atoms with Gasteiger partial charge in [0.2, 0.25) is 0 Å². The maximum atomic E-state index is 10.4. The molecule has 1 aromatic carbocycles. The van der Waals surface area contributed by atoms with Crippen LogP contribution in [0.15, 0.2) is 36.5 Å². The molecule has 0 saturated heterocycles. The third kappa shape index (κ3) is 2.85. The Bertz CT molecular complexity index is 564. The van der Waals surface area contributed by atoms with Crippen molar-refractivity contribution in [2.45, 2.75) is 13.0 Å². The number of hydrogen-bond acceptors (Lipinski definition) is 4. The molecule has 0 spiro atoms.